The molecule has 0 atom stereocenters. The molecule has 0 saturated heterocycles. The molecule has 0 saturated carbocycles. The highest BCUT2D eigenvalue weighted by Gasteiger charge is 2.04. The molecule has 0 spiro atoms. The molecule has 0 aliphatic heterocycles. The number of nitrogens with zero attached hydrogens (tertiary/aromatic N) is 2. The third kappa shape index (κ3) is 2.84. The number of rotatable bonds is 3. The Hall–Kier alpha value is -2.30. The predicted molar refractivity (Wildman–Crippen MR) is 58.8 cm³/mol. The molecule has 1 aromatic carbocycles. The number of carboxylic acid groups (broad SMARTS) is 1. The zero-order chi connectivity index (χ0) is 12.3. The third-order valence-electron chi connectivity index (χ3n) is 2.19. The summed E-state index contributed by atoms with van der Waals surface area (Å²) >= 11 is 0. The fraction of sp³-hybridized carbons (Fsp3) is 0.0833. The summed E-state index contributed by atoms with van der Waals surface area (Å²) in [5.74, 6) is -1.03. The molecular formula is C12H9FN2O2. The topological polar surface area (TPSA) is 63.1 Å². The molecule has 0 aliphatic carbocycles. The van der Waals surface area contributed by atoms with E-state index < -0.39 is 5.97 Å². The molecule has 1 N–H and O–H groups in total. The maximum Gasteiger partial charge on any atom is 0.311 e. The Morgan fingerprint density at radius 1 is 1.12 bits per heavy atom. The van der Waals surface area contributed by atoms with Crippen LogP contribution in [0, 0.1) is 5.82 Å². The van der Waals surface area contributed by atoms with Crippen LogP contribution in [0.5, 0.6) is 0 Å². The number of aromatic nitrogens is 2. The first kappa shape index (κ1) is 11.2. The number of carboxylic acids is 1. The summed E-state index contributed by atoms with van der Waals surface area (Å²) in [6.45, 7) is 0. The molecule has 0 unspecified atom stereocenters. The summed E-state index contributed by atoms with van der Waals surface area (Å²) in [4.78, 5) is 18.3. The van der Waals surface area contributed by atoms with Gasteiger partial charge in [-0.15, -0.1) is 0 Å². The number of halogens is 1. The Balaban J connectivity index is 2.23. The van der Waals surface area contributed by atoms with E-state index in [0.29, 0.717) is 0 Å². The van der Waals surface area contributed by atoms with Gasteiger partial charge < -0.3 is 5.11 Å². The first-order valence-electron chi connectivity index (χ1n) is 4.94. The summed E-state index contributed by atoms with van der Waals surface area (Å²) in [7, 11) is 0. The van der Waals surface area contributed by atoms with Crippen LogP contribution in [-0.4, -0.2) is 21.0 Å². The molecule has 0 aliphatic rings. The lowest BCUT2D eigenvalue weighted by molar-refractivity contribution is -0.136. The maximum absolute atomic E-state index is 12.7. The molecular weight excluding hydrogens is 223 g/mol. The Bertz CT molecular complexity index is 523. The van der Waals surface area contributed by atoms with Crippen LogP contribution in [0.2, 0.25) is 0 Å². The first-order valence-corrected chi connectivity index (χ1v) is 4.94. The fourth-order valence-corrected chi connectivity index (χ4v) is 1.37. The quantitative estimate of drug-likeness (QED) is 0.877. The summed E-state index contributed by atoms with van der Waals surface area (Å²) in [5, 5.41) is 8.56. The van der Waals surface area contributed by atoms with Crippen LogP contribution < -0.4 is 0 Å². The van der Waals surface area contributed by atoms with E-state index in [1.54, 1.807) is 12.1 Å². The van der Waals surface area contributed by atoms with Gasteiger partial charge in [0.25, 0.3) is 0 Å². The van der Waals surface area contributed by atoms with Gasteiger partial charge in [0.05, 0.1) is 0 Å². The van der Waals surface area contributed by atoms with Crippen molar-refractivity contribution >= 4 is 5.97 Å². The smallest absolute Gasteiger partial charge is 0.311 e. The van der Waals surface area contributed by atoms with Crippen LogP contribution in [0.25, 0.3) is 11.1 Å². The van der Waals surface area contributed by atoms with Gasteiger partial charge in [-0.25, -0.2) is 14.4 Å². The molecule has 4 nitrogen and oxygen atoms in total. The zero-order valence-corrected chi connectivity index (χ0v) is 8.80. The summed E-state index contributed by atoms with van der Waals surface area (Å²) in [5.41, 5.74) is 1.51. The monoisotopic (exact) mass is 232 g/mol. The van der Waals surface area contributed by atoms with Gasteiger partial charge >= 0.3 is 5.97 Å². The van der Waals surface area contributed by atoms with E-state index in [1.807, 2.05) is 0 Å². The van der Waals surface area contributed by atoms with E-state index in [1.165, 1.54) is 24.5 Å². The Morgan fingerprint density at radius 3 is 2.24 bits per heavy atom. The molecule has 1 aromatic heterocycles. The lowest BCUT2D eigenvalue weighted by Gasteiger charge is -2.01. The van der Waals surface area contributed by atoms with E-state index in [9.17, 15) is 9.18 Å². The third-order valence-corrected chi connectivity index (χ3v) is 2.19. The summed E-state index contributed by atoms with van der Waals surface area (Å²) in [6, 6.07) is 5.93. The lowest BCUT2D eigenvalue weighted by atomic mass is 10.1. The minimum atomic E-state index is -0.973. The van der Waals surface area contributed by atoms with Crippen molar-refractivity contribution in [3.05, 3.63) is 48.3 Å². The van der Waals surface area contributed by atoms with Gasteiger partial charge in [-0.2, -0.15) is 0 Å². The molecule has 1 heterocycles. The Kier molecular flexibility index (Phi) is 3.09. The molecule has 0 radical (unpaired) electrons. The minimum Gasteiger partial charge on any atom is -0.481 e. The molecule has 86 valence electrons. The van der Waals surface area contributed by atoms with Gasteiger partial charge in [-0.3, -0.25) is 4.79 Å². The van der Waals surface area contributed by atoms with Gasteiger partial charge in [-0.1, -0.05) is 12.1 Å². The normalized spacial score (nSPS) is 10.2. The predicted octanol–water partition coefficient (Wildman–Crippen LogP) is 1.91. The molecule has 0 bridgehead atoms. The fourth-order valence-electron chi connectivity index (χ4n) is 1.37. The van der Waals surface area contributed by atoms with Gasteiger partial charge in [0, 0.05) is 18.0 Å². The van der Waals surface area contributed by atoms with Gasteiger partial charge in [0.15, 0.2) is 0 Å². The number of carbonyl (C=O) groups is 1. The number of hydrogen-bond acceptors (Lipinski definition) is 3. The van der Waals surface area contributed by atoms with Crippen molar-refractivity contribution in [2.24, 2.45) is 0 Å². The van der Waals surface area contributed by atoms with Crippen LogP contribution in [-0.2, 0) is 11.2 Å². The van der Waals surface area contributed by atoms with Crippen LogP contribution in [0.4, 0.5) is 4.39 Å². The van der Waals surface area contributed by atoms with Gasteiger partial charge in [0.1, 0.15) is 18.1 Å². The van der Waals surface area contributed by atoms with Crippen molar-refractivity contribution < 1.29 is 14.3 Å². The minimum absolute atomic E-state index is 0.205. The van der Waals surface area contributed by atoms with E-state index in [4.69, 9.17) is 5.11 Å². The van der Waals surface area contributed by atoms with E-state index >= 15 is 0 Å². The first-order chi connectivity index (χ1) is 8.15. The average Bonchev–Trinajstić information content (AvgIpc) is 2.30. The van der Waals surface area contributed by atoms with Crippen molar-refractivity contribution in [2.45, 2.75) is 6.42 Å². The maximum atomic E-state index is 12.7. The highest BCUT2D eigenvalue weighted by Crippen LogP contribution is 2.17. The average molecular weight is 232 g/mol. The Labute approximate surface area is 96.8 Å². The van der Waals surface area contributed by atoms with Crippen molar-refractivity contribution in [1.29, 1.82) is 0 Å². The lowest BCUT2D eigenvalue weighted by Crippen LogP contribution is -2.04. The SMILES string of the molecule is O=C(O)Cc1ncc(-c2ccc(F)cc2)cn1. The second-order valence-corrected chi connectivity index (χ2v) is 3.47. The zero-order valence-electron chi connectivity index (χ0n) is 8.80. The molecule has 0 fully saturated rings. The van der Waals surface area contributed by atoms with Crippen LogP contribution in [0.15, 0.2) is 36.7 Å². The van der Waals surface area contributed by atoms with Crippen molar-refractivity contribution in [1.82, 2.24) is 9.97 Å². The highest BCUT2D eigenvalue weighted by atomic mass is 19.1. The van der Waals surface area contributed by atoms with Gasteiger partial charge in [-0.05, 0) is 17.7 Å². The largest absolute Gasteiger partial charge is 0.481 e. The van der Waals surface area contributed by atoms with Crippen molar-refractivity contribution in [3.63, 3.8) is 0 Å². The highest BCUT2D eigenvalue weighted by molar-refractivity contribution is 5.69. The molecule has 0 amide bonds. The number of benzene rings is 1. The Morgan fingerprint density at radius 2 is 1.71 bits per heavy atom. The van der Waals surface area contributed by atoms with Crippen LogP contribution >= 0.6 is 0 Å². The van der Waals surface area contributed by atoms with Gasteiger partial charge in [0.2, 0.25) is 0 Å². The summed E-state index contributed by atoms with van der Waals surface area (Å²) < 4.78 is 12.7. The van der Waals surface area contributed by atoms with Crippen molar-refractivity contribution in [3.8, 4) is 11.1 Å². The molecule has 2 rings (SSSR count). The molecule has 5 heteroatoms. The molecule has 2 aromatic rings. The number of aliphatic carboxylic acids is 1. The van der Waals surface area contributed by atoms with E-state index in [0.717, 1.165) is 11.1 Å². The second kappa shape index (κ2) is 4.69. The standard InChI is InChI=1S/C12H9FN2O2/c13-10-3-1-8(2-4-10)9-6-14-11(15-7-9)5-12(16)17/h1-4,6-7H,5H2,(H,16,17). The second-order valence-electron chi connectivity index (χ2n) is 3.47. The van der Waals surface area contributed by atoms with E-state index in [2.05, 4.69) is 9.97 Å². The number of hydrogen-bond donors (Lipinski definition) is 1. The van der Waals surface area contributed by atoms with Crippen LogP contribution in [0.1, 0.15) is 5.82 Å². The molecule has 17 heavy (non-hydrogen) atoms. The van der Waals surface area contributed by atoms with Crippen molar-refractivity contribution in [2.75, 3.05) is 0 Å². The summed E-state index contributed by atoms with van der Waals surface area (Å²) in [6.07, 6.45) is 2.85. The van der Waals surface area contributed by atoms with Crippen LogP contribution in [0.3, 0.4) is 0 Å². The van der Waals surface area contributed by atoms with E-state index in [-0.39, 0.29) is 18.1 Å².